The number of aliphatic hydroxyl groups excluding tert-OH is 1. The second-order valence-electron chi connectivity index (χ2n) is 11.8. The van der Waals surface area contributed by atoms with Crippen LogP contribution in [0.4, 0.5) is 5.82 Å². The first-order valence-electron chi connectivity index (χ1n) is 19.4. The van der Waals surface area contributed by atoms with Crippen molar-refractivity contribution in [3.63, 3.8) is 0 Å². The van der Waals surface area contributed by atoms with Crippen molar-refractivity contribution in [2.45, 2.75) is 108 Å². The summed E-state index contributed by atoms with van der Waals surface area (Å²) in [6.45, 7) is 39.7. The highest BCUT2D eigenvalue weighted by atomic mass is 32.2. The zero-order valence-electron chi connectivity index (χ0n) is 35.9. The van der Waals surface area contributed by atoms with Crippen LogP contribution in [-0.2, 0) is 31.6 Å². The number of hydrogen-bond acceptors (Lipinski definition) is 15. The fraction of sp³-hybridized carbons (Fsp3) is 0.879. The van der Waals surface area contributed by atoms with Gasteiger partial charge in [-0.05, 0) is 84.6 Å². The van der Waals surface area contributed by atoms with Crippen molar-refractivity contribution in [3.8, 4) is 0 Å². The third-order valence-electron chi connectivity index (χ3n) is 8.55. The Hall–Kier alpha value is -1.15. The molecular weight excluding hydrogens is 796 g/mol. The van der Waals surface area contributed by atoms with E-state index in [-0.39, 0.29) is 12.2 Å². The zero-order chi connectivity index (χ0) is 44.1. The molecule has 1 aromatic heterocycles. The van der Waals surface area contributed by atoms with Gasteiger partial charge in [0, 0.05) is 12.6 Å². The highest BCUT2D eigenvalue weighted by molar-refractivity contribution is 7.66. The van der Waals surface area contributed by atoms with Gasteiger partial charge in [0.2, 0.25) is 0 Å². The molecule has 0 radical (unpaired) electrons. The fourth-order valence-electron chi connectivity index (χ4n) is 4.84. The predicted molar refractivity (Wildman–Crippen MR) is 221 cm³/mol. The van der Waals surface area contributed by atoms with E-state index in [1.165, 1.54) is 90.8 Å². The van der Waals surface area contributed by atoms with E-state index in [0.29, 0.717) is 0 Å². The van der Waals surface area contributed by atoms with E-state index < -0.39 is 54.2 Å². The summed E-state index contributed by atoms with van der Waals surface area (Å²) >= 11 is 0. The number of anilines is 1. The molecule has 3 unspecified atom stereocenters. The van der Waals surface area contributed by atoms with Gasteiger partial charge in [-0.15, -0.1) is 0 Å². The molecule has 0 amide bonds. The van der Waals surface area contributed by atoms with Gasteiger partial charge in [-0.2, -0.15) is 13.6 Å². The van der Waals surface area contributed by atoms with Crippen LogP contribution in [0.1, 0.15) is 95.7 Å². The molecule has 0 saturated carbocycles. The summed E-state index contributed by atoms with van der Waals surface area (Å²) in [6.07, 6.45) is -2.42. The van der Waals surface area contributed by atoms with Gasteiger partial charge in [0.05, 0.1) is 12.7 Å². The molecule has 1 saturated heterocycles. The molecule has 1 aliphatic heterocycles. The number of phosphoric acid groups is 3. The minimum absolute atomic E-state index is 0.0380. The van der Waals surface area contributed by atoms with E-state index in [1.54, 1.807) is 0 Å². The lowest BCUT2D eigenvalue weighted by molar-refractivity contribution is -0.0449. The van der Waals surface area contributed by atoms with Crippen LogP contribution in [0, 0.1) is 0 Å². The number of aromatic nitrogens is 2. The third-order valence-corrected chi connectivity index (χ3v) is 12.4. The maximum Gasteiger partial charge on any atom is 0.490 e. The number of aliphatic hydroxyl groups is 1. The summed E-state index contributed by atoms with van der Waals surface area (Å²) in [7, 11) is -16.5. The molecule has 2 heterocycles. The Kier molecular flexibility index (Phi) is 34.5. The molecular formula is C33H76N7O13P3. The second kappa shape index (κ2) is 32.7. The quantitative estimate of drug-likeness (QED) is 0.100. The van der Waals surface area contributed by atoms with Crippen LogP contribution in [0.25, 0.3) is 0 Å². The van der Waals surface area contributed by atoms with Crippen LogP contribution < -0.4 is 11.4 Å². The first kappa shape index (κ1) is 59.2. The summed E-state index contributed by atoms with van der Waals surface area (Å²) in [5.74, 6) is -0.0380. The number of hydrogen-bond donors (Lipinski definition) is 6. The SMILES string of the molecule is CCN(CC)CC.CCN(CC)CC.CCN(CC)CC.CCN(CC)CC.Nc1ccn(C2C[C@H](O)[C@@H](CO[32P](=O)(O)OP(=O)(O)OP(=O)(O)O)O2)c(=O)n1. The monoisotopic (exact) mass is 872 g/mol. The number of rotatable bonds is 20. The van der Waals surface area contributed by atoms with Gasteiger partial charge in [-0.25, -0.2) is 18.5 Å². The van der Waals surface area contributed by atoms with Gasteiger partial charge in [-0.3, -0.25) is 9.09 Å². The maximum absolute atomic E-state index is 11.8. The van der Waals surface area contributed by atoms with Gasteiger partial charge in [-0.1, -0.05) is 83.1 Å². The average molecular weight is 873 g/mol. The first-order valence-corrected chi connectivity index (χ1v) is 23.9. The Morgan fingerprint density at radius 2 is 1.05 bits per heavy atom. The summed E-state index contributed by atoms with van der Waals surface area (Å²) in [6, 6.07) is 1.30. The molecule has 1 aliphatic rings. The number of ether oxygens (including phenoxy) is 1. The number of nitrogens with two attached hydrogens (primary N) is 1. The Morgan fingerprint density at radius 3 is 1.34 bits per heavy atom. The minimum Gasteiger partial charge on any atom is -0.390 e. The molecule has 56 heavy (non-hydrogen) atoms. The van der Waals surface area contributed by atoms with Gasteiger partial charge < -0.3 is 54.8 Å². The molecule has 2 rings (SSSR count). The summed E-state index contributed by atoms with van der Waals surface area (Å²) < 4.78 is 51.2. The summed E-state index contributed by atoms with van der Waals surface area (Å²) in [5, 5.41) is 9.94. The molecule has 7 N–H and O–H groups in total. The molecule has 336 valence electrons. The number of nitrogen functional groups attached to an aromatic ring is 1. The summed E-state index contributed by atoms with van der Waals surface area (Å²) in [5.41, 5.74) is 4.58. The first-order chi connectivity index (χ1) is 26.1. The zero-order valence-corrected chi connectivity index (χ0v) is 38.6. The molecule has 0 aromatic carbocycles. The van der Waals surface area contributed by atoms with E-state index in [4.69, 9.17) is 25.2 Å². The Balaban J connectivity index is -0.000000809. The van der Waals surface area contributed by atoms with Crippen molar-refractivity contribution >= 4 is 29.3 Å². The van der Waals surface area contributed by atoms with E-state index in [2.05, 4.69) is 121 Å². The highest BCUT2D eigenvalue weighted by Crippen LogP contribution is 2.66. The van der Waals surface area contributed by atoms with Gasteiger partial charge in [0.15, 0.2) is 0 Å². The molecule has 0 aliphatic carbocycles. The average Bonchev–Trinajstić information content (AvgIpc) is 3.49. The van der Waals surface area contributed by atoms with Gasteiger partial charge in [0.1, 0.15) is 18.1 Å². The van der Waals surface area contributed by atoms with Crippen LogP contribution in [0.15, 0.2) is 17.1 Å². The Bertz CT molecular complexity index is 1240. The molecule has 0 spiro atoms. The molecule has 5 atom stereocenters. The predicted octanol–water partition coefficient (Wildman–Crippen LogP) is 4.21. The van der Waals surface area contributed by atoms with Crippen molar-refractivity contribution in [2.75, 3.05) is 90.9 Å². The fourth-order valence-corrected chi connectivity index (χ4v) is 7.87. The van der Waals surface area contributed by atoms with Crippen LogP contribution in [0.5, 0.6) is 0 Å². The standard InChI is InChI=1S/C9H16N3O13P3.4C6H15N/c10-7-1-2-12(9(14)11-7)8-3-5(13)6(23-8)4-22-27(18,19)25-28(20,21)24-26(15,16)17;4*1-4-7(5-2)6-3/h1-2,5-6,8,13H,3-4H2,(H,18,19)(H,20,21)(H2,10,11,14)(H2,15,16,17);4*4-6H2,1-3H3/t5-,6+,8?;;;;/m0..../s1/i27+1;;;;. The molecule has 23 heteroatoms. The second-order valence-corrected chi connectivity index (χ2v) is 16.3. The van der Waals surface area contributed by atoms with E-state index in [9.17, 15) is 28.5 Å². The Morgan fingerprint density at radius 1 is 0.696 bits per heavy atom. The van der Waals surface area contributed by atoms with Gasteiger partial charge >= 0.3 is 29.2 Å². The third kappa shape index (κ3) is 29.1. The lowest BCUT2D eigenvalue weighted by Crippen LogP contribution is -2.28. The van der Waals surface area contributed by atoms with Crippen molar-refractivity contribution < 1.29 is 56.3 Å². The minimum atomic E-state index is -5.65. The molecule has 0 bridgehead atoms. The van der Waals surface area contributed by atoms with E-state index in [0.717, 1.165) is 4.57 Å². The Labute approximate surface area is 335 Å². The lowest BCUT2D eigenvalue weighted by Gasteiger charge is -2.19. The van der Waals surface area contributed by atoms with Crippen molar-refractivity contribution in [2.24, 2.45) is 0 Å². The smallest absolute Gasteiger partial charge is 0.390 e. The van der Waals surface area contributed by atoms with Crippen LogP contribution in [0.2, 0.25) is 0 Å². The normalized spacial score (nSPS) is 18.8. The van der Waals surface area contributed by atoms with Crippen LogP contribution in [0.3, 0.4) is 0 Å². The summed E-state index contributed by atoms with van der Waals surface area (Å²) in [4.78, 5) is 60.0. The largest absolute Gasteiger partial charge is 0.490 e. The van der Waals surface area contributed by atoms with Crippen molar-refractivity contribution in [1.82, 2.24) is 29.2 Å². The molecule has 20 nitrogen and oxygen atoms in total. The molecule has 1 fully saturated rings. The number of nitrogens with zero attached hydrogens (tertiary/aromatic N) is 6. The van der Waals surface area contributed by atoms with E-state index in [1.807, 2.05) is 0 Å². The number of phosphoric ester groups is 1. The van der Waals surface area contributed by atoms with Gasteiger partial charge in [0.25, 0.3) is 0 Å². The van der Waals surface area contributed by atoms with E-state index >= 15 is 0 Å². The topological polar surface area (TPSA) is 263 Å². The van der Waals surface area contributed by atoms with Crippen molar-refractivity contribution in [3.05, 3.63) is 22.7 Å². The van der Waals surface area contributed by atoms with Crippen LogP contribution in [-0.4, -0.2) is 151 Å². The lowest BCUT2D eigenvalue weighted by atomic mass is 10.2. The molecule has 1 aromatic rings. The maximum atomic E-state index is 11.8. The van der Waals surface area contributed by atoms with Crippen molar-refractivity contribution in [1.29, 1.82) is 0 Å². The van der Waals surface area contributed by atoms with Crippen LogP contribution >= 0.6 is 23.5 Å². The highest BCUT2D eigenvalue weighted by Gasteiger charge is 2.43.